The van der Waals surface area contributed by atoms with Crippen molar-refractivity contribution in [2.24, 2.45) is 0 Å². The van der Waals surface area contributed by atoms with Gasteiger partial charge in [-0.3, -0.25) is 0 Å². The van der Waals surface area contributed by atoms with E-state index in [1.54, 1.807) is 0 Å². The zero-order valence-corrected chi connectivity index (χ0v) is 12.9. The quantitative estimate of drug-likeness (QED) is 0.242. The van der Waals surface area contributed by atoms with Gasteiger partial charge in [-0.15, -0.1) is 0 Å². The molecule has 0 radical (unpaired) electrons. The van der Waals surface area contributed by atoms with Gasteiger partial charge in [0.05, 0.1) is 6.26 Å². The van der Waals surface area contributed by atoms with Crippen LogP contribution in [-0.2, 0) is 14.0 Å². The average molecular weight is 274 g/mol. The molecule has 0 aliphatic rings. The van der Waals surface area contributed by atoms with Gasteiger partial charge in [-0.05, 0) is 30.6 Å². The van der Waals surface area contributed by atoms with E-state index >= 15 is 0 Å². The van der Waals surface area contributed by atoms with Crippen LogP contribution in [0.5, 0.6) is 0 Å². The van der Waals surface area contributed by atoms with Crippen LogP contribution in [0.4, 0.5) is 4.39 Å². The lowest BCUT2D eigenvalue weighted by molar-refractivity contribution is -0.135. The van der Waals surface area contributed by atoms with Crippen molar-refractivity contribution in [3.8, 4) is 0 Å². The van der Waals surface area contributed by atoms with Crippen molar-refractivity contribution in [2.75, 3.05) is 6.61 Å². The fourth-order valence-electron chi connectivity index (χ4n) is 0.932. The number of hydrogen-bond acceptors (Lipinski definition) is 3. The van der Waals surface area contributed by atoms with E-state index in [1.807, 2.05) is 0 Å². The van der Waals surface area contributed by atoms with Crippen LogP contribution < -0.4 is 0 Å². The third-order valence-electron chi connectivity index (χ3n) is 3.10. The summed E-state index contributed by atoms with van der Waals surface area (Å²) in [7, 11) is -1.80. The van der Waals surface area contributed by atoms with Crippen molar-refractivity contribution in [1.29, 1.82) is 0 Å². The molecule has 0 N–H and O–H groups in total. The van der Waals surface area contributed by atoms with Crippen molar-refractivity contribution in [3.05, 3.63) is 24.7 Å². The zero-order valence-electron chi connectivity index (χ0n) is 11.9. The second-order valence-electron chi connectivity index (χ2n) is 5.52. The monoisotopic (exact) mass is 274 g/mol. The molecule has 18 heavy (non-hydrogen) atoms. The van der Waals surface area contributed by atoms with E-state index in [4.69, 9.17) is 4.43 Å². The lowest BCUT2D eigenvalue weighted by atomic mass is 10.2. The molecule has 0 aromatic carbocycles. The van der Waals surface area contributed by atoms with Crippen LogP contribution in [0.1, 0.15) is 27.2 Å². The van der Waals surface area contributed by atoms with E-state index in [0.29, 0.717) is 13.0 Å². The van der Waals surface area contributed by atoms with Gasteiger partial charge in [0, 0.05) is 6.61 Å². The molecule has 0 saturated heterocycles. The van der Waals surface area contributed by atoms with Crippen molar-refractivity contribution >= 4 is 14.3 Å². The third kappa shape index (κ3) is 5.60. The summed E-state index contributed by atoms with van der Waals surface area (Å²) >= 11 is 0. The molecule has 0 aliphatic carbocycles. The highest BCUT2D eigenvalue weighted by molar-refractivity contribution is 6.74. The Hall–Kier alpha value is -0.943. The molecule has 0 aromatic rings. The molecule has 0 unspecified atom stereocenters. The standard InChI is InChI=1S/C13H23FO3Si/c1-7-16-12(15)11(14)9-8-10-17-18(5,6)13(2,3)4/h7,9H,1,8,10H2,2-6H3/b11-9-. The molecule has 0 aliphatic heterocycles. The van der Waals surface area contributed by atoms with E-state index in [-0.39, 0.29) is 5.04 Å². The third-order valence-corrected chi connectivity index (χ3v) is 7.63. The molecule has 0 amide bonds. The molecule has 104 valence electrons. The summed E-state index contributed by atoms with van der Waals surface area (Å²) in [6.45, 7) is 14.2. The van der Waals surface area contributed by atoms with E-state index in [0.717, 1.165) is 6.26 Å². The van der Waals surface area contributed by atoms with Crippen molar-refractivity contribution in [1.82, 2.24) is 0 Å². The normalized spacial score (nSPS) is 13.3. The Bertz CT molecular complexity index is 330. The molecular weight excluding hydrogens is 251 g/mol. The predicted molar refractivity (Wildman–Crippen MR) is 73.2 cm³/mol. The van der Waals surface area contributed by atoms with Gasteiger partial charge >= 0.3 is 5.97 Å². The van der Waals surface area contributed by atoms with Gasteiger partial charge < -0.3 is 9.16 Å². The summed E-state index contributed by atoms with van der Waals surface area (Å²) < 4.78 is 23.3. The number of carbonyl (C=O) groups excluding carboxylic acids is 1. The van der Waals surface area contributed by atoms with Gasteiger partial charge in [0.25, 0.3) is 0 Å². The smallest absolute Gasteiger partial charge is 0.371 e. The molecule has 3 nitrogen and oxygen atoms in total. The number of carbonyl (C=O) groups is 1. The Morgan fingerprint density at radius 2 is 1.94 bits per heavy atom. The van der Waals surface area contributed by atoms with Crippen LogP contribution in [0.15, 0.2) is 24.7 Å². The first-order chi connectivity index (χ1) is 8.12. The molecule has 0 heterocycles. The fourth-order valence-corrected chi connectivity index (χ4v) is 1.99. The highest BCUT2D eigenvalue weighted by Gasteiger charge is 2.36. The number of hydrogen-bond donors (Lipinski definition) is 0. The molecule has 0 fully saturated rings. The molecule has 0 atom stereocenters. The highest BCUT2D eigenvalue weighted by atomic mass is 28.4. The number of rotatable bonds is 6. The minimum absolute atomic E-state index is 0.122. The second-order valence-corrected chi connectivity index (χ2v) is 10.3. The summed E-state index contributed by atoms with van der Waals surface area (Å²) in [5, 5.41) is 0.122. The van der Waals surface area contributed by atoms with E-state index in [1.165, 1.54) is 6.08 Å². The van der Waals surface area contributed by atoms with Crippen LogP contribution in [0.25, 0.3) is 0 Å². The van der Waals surface area contributed by atoms with Gasteiger partial charge in [0.1, 0.15) is 0 Å². The first-order valence-corrected chi connectivity index (χ1v) is 8.84. The van der Waals surface area contributed by atoms with Gasteiger partial charge in [-0.2, -0.15) is 4.39 Å². The maximum atomic E-state index is 13.1. The maximum Gasteiger partial charge on any atom is 0.371 e. The summed E-state index contributed by atoms with van der Waals surface area (Å²) in [5.74, 6) is -1.92. The Labute approximate surface area is 110 Å². The first kappa shape index (κ1) is 17.1. The Morgan fingerprint density at radius 3 is 2.39 bits per heavy atom. The van der Waals surface area contributed by atoms with Gasteiger partial charge in [0.2, 0.25) is 5.83 Å². The van der Waals surface area contributed by atoms with Crippen molar-refractivity contribution in [2.45, 2.75) is 45.3 Å². The van der Waals surface area contributed by atoms with Crippen LogP contribution in [0.3, 0.4) is 0 Å². The topological polar surface area (TPSA) is 35.5 Å². The Balaban J connectivity index is 4.18. The summed E-state index contributed by atoms with van der Waals surface area (Å²) in [6.07, 6.45) is 2.44. The van der Waals surface area contributed by atoms with E-state index in [2.05, 4.69) is 45.2 Å². The van der Waals surface area contributed by atoms with Crippen molar-refractivity contribution < 1.29 is 18.3 Å². The predicted octanol–water partition coefficient (Wildman–Crippen LogP) is 3.94. The summed E-state index contributed by atoms with van der Waals surface area (Å²) in [6, 6.07) is 0. The number of ether oxygens (including phenoxy) is 1. The summed E-state index contributed by atoms with van der Waals surface area (Å²) in [4.78, 5) is 10.9. The van der Waals surface area contributed by atoms with Gasteiger partial charge in [-0.1, -0.05) is 27.4 Å². The first-order valence-electron chi connectivity index (χ1n) is 5.93. The Kier molecular flexibility index (Phi) is 6.49. The maximum absolute atomic E-state index is 13.1. The van der Waals surface area contributed by atoms with E-state index in [9.17, 15) is 9.18 Å². The Morgan fingerprint density at radius 1 is 1.39 bits per heavy atom. The van der Waals surface area contributed by atoms with E-state index < -0.39 is 20.1 Å². The number of halogens is 1. The zero-order chi connectivity index (χ0) is 14.4. The number of esters is 1. The lowest BCUT2D eigenvalue weighted by Crippen LogP contribution is -2.40. The van der Waals surface area contributed by atoms with Gasteiger partial charge in [0.15, 0.2) is 8.32 Å². The van der Waals surface area contributed by atoms with Crippen LogP contribution >= 0.6 is 0 Å². The van der Waals surface area contributed by atoms with Gasteiger partial charge in [-0.25, -0.2) is 4.79 Å². The minimum Gasteiger partial charge on any atom is -0.430 e. The second kappa shape index (κ2) is 6.85. The fraction of sp³-hybridized carbons (Fsp3) is 0.615. The average Bonchev–Trinajstić information content (AvgIpc) is 2.22. The molecule has 0 aromatic heterocycles. The van der Waals surface area contributed by atoms with Crippen molar-refractivity contribution in [3.63, 3.8) is 0 Å². The molecular formula is C13H23FO3Si. The molecule has 5 heteroatoms. The molecule has 0 saturated carbocycles. The summed E-state index contributed by atoms with van der Waals surface area (Å²) in [5.41, 5.74) is 0. The largest absolute Gasteiger partial charge is 0.430 e. The highest BCUT2D eigenvalue weighted by Crippen LogP contribution is 2.36. The van der Waals surface area contributed by atoms with Crippen LogP contribution in [0.2, 0.25) is 18.1 Å². The minimum atomic E-state index is -1.80. The molecule has 0 bridgehead atoms. The molecule has 0 spiro atoms. The van der Waals surface area contributed by atoms with Crippen LogP contribution in [-0.4, -0.2) is 20.9 Å². The lowest BCUT2D eigenvalue weighted by Gasteiger charge is -2.36. The SMILES string of the molecule is C=COC(=O)/C(F)=C/CCO[Si](C)(C)C(C)(C)C. The van der Waals surface area contributed by atoms with Crippen LogP contribution in [0, 0.1) is 0 Å². The molecule has 0 rings (SSSR count).